The van der Waals surface area contributed by atoms with Crippen LogP contribution in [0.5, 0.6) is 0 Å². The van der Waals surface area contributed by atoms with Crippen LogP contribution in [0.15, 0.2) is 54.2 Å². The van der Waals surface area contributed by atoms with Gasteiger partial charge in [0, 0.05) is 5.56 Å². The van der Waals surface area contributed by atoms with E-state index in [1.807, 2.05) is 0 Å². The molecule has 1 aromatic carbocycles. The summed E-state index contributed by atoms with van der Waals surface area (Å²) in [7, 11) is 0. The van der Waals surface area contributed by atoms with Gasteiger partial charge in [-0.3, -0.25) is 0 Å². The largest absolute Gasteiger partial charge is 0.492 e. The molecule has 0 unspecified atom stereocenters. The number of anilines is 2. The van der Waals surface area contributed by atoms with Crippen molar-refractivity contribution in [2.75, 3.05) is 10.0 Å². The van der Waals surface area contributed by atoms with Crippen LogP contribution in [0, 0.1) is 5.82 Å². The minimum atomic E-state index is -0.410. The number of hydrogen-bond acceptors (Lipinski definition) is 4. The number of pyridine rings is 1. The molecule has 3 N–H and O–H groups in total. The van der Waals surface area contributed by atoms with Crippen LogP contribution in [0.4, 0.5) is 15.8 Å². The Balaban J connectivity index is 0.00000156. The number of aliphatic hydroxyl groups is 1. The van der Waals surface area contributed by atoms with E-state index >= 15 is 0 Å². The third-order valence-corrected chi connectivity index (χ3v) is 3.67. The molecule has 4 rings (SSSR count). The van der Waals surface area contributed by atoms with E-state index in [0.29, 0.717) is 27.8 Å². The van der Waals surface area contributed by atoms with Crippen LogP contribution < -0.4 is 15.6 Å². The first-order chi connectivity index (χ1) is 10.6. The van der Waals surface area contributed by atoms with Crippen LogP contribution >= 0.6 is 11.6 Å². The summed E-state index contributed by atoms with van der Waals surface area (Å²) in [5.41, 5.74) is 6.17. The minimum Gasteiger partial charge on any atom is -0.492 e. The first-order valence-corrected chi connectivity index (χ1v) is 6.86. The Morgan fingerprint density at radius 1 is 1.09 bits per heavy atom. The molecule has 0 saturated heterocycles. The van der Waals surface area contributed by atoms with Crippen LogP contribution in [0.1, 0.15) is 5.56 Å². The fourth-order valence-corrected chi connectivity index (χ4v) is 2.53. The quantitative estimate of drug-likeness (QED) is 0.813. The summed E-state index contributed by atoms with van der Waals surface area (Å²) >= 11 is 5.76. The molecule has 2 aromatic rings. The number of para-hydroxylation sites is 1. The Morgan fingerprint density at radius 3 is 2.65 bits per heavy atom. The number of rotatable bonds is 1. The van der Waals surface area contributed by atoms with Crippen molar-refractivity contribution in [1.82, 2.24) is 10.5 Å². The number of halogens is 2. The molecule has 0 atom stereocenters. The van der Waals surface area contributed by atoms with Crippen LogP contribution in [0.3, 0.4) is 0 Å². The molecule has 117 valence electrons. The minimum absolute atomic E-state index is 0. The smallest absolute Gasteiger partial charge is 0.235 e. The van der Waals surface area contributed by atoms with E-state index in [4.69, 9.17) is 11.6 Å². The number of allylic oxidation sites excluding steroid dienone is 1. The number of fused-ring (bicyclic) bond motifs is 3. The second-order valence-electron chi connectivity index (χ2n) is 4.77. The molecule has 2 aliphatic rings. The predicted molar refractivity (Wildman–Crippen MR) is 85.0 cm³/mol. The second kappa shape index (κ2) is 5.54. The summed E-state index contributed by atoms with van der Waals surface area (Å²) in [6.45, 7) is 0. The van der Waals surface area contributed by atoms with Gasteiger partial charge in [-0.15, -0.1) is 0 Å². The summed E-state index contributed by atoms with van der Waals surface area (Å²) in [5.74, 6) is -0.513. The zero-order valence-electron chi connectivity index (χ0n) is 11.6. The third kappa shape index (κ3) is 2.31. The molecule has 0 fully saturated rings. The van der Waals surface area contributed by atoms with Crippen molar-refractivity contribution in [2.24, 2.45) is 0 Å². The van der Waals surface area contributed by atoms with Gasteiger partial charge in [0.2, 0.25) is 5.88 Å². The molecule has 1 aromatic heterocycles. The Kier molecular flexibility index (Phi) is 3.69. The van der Waals surface area contributed by atoms with Crippen molar-refractivity contribution in [3.05, 3.63) is 70.7 Å². The van der Waals surface area contributed by atoms with E-state index in [2.05, 4.69) is 10.5 Å². The fourth-order valence-electron chi connectivity index (χ4n) is 2.42. The van der Waals surface area contributed by atoms with Crippen molar-refractivity contribution in [1.29, 1.82) is 0 Å². The van der Waals surface area contributed by atoms with Crippen LogP contribution in [0.2, 0.25) is 5.15 Å². The van der Waals surface area contributed by atoms with E-state index in [1.54, 1.807) is 36.4 Å². The standard InChI is InChI=1S/C15H9ClFN4O.H2O/c16-13-7-5-10(8-18-13)20-15(22)12-6-4-9-2-1-3-11(17)14(9)21(12)19-20;/h1-8,22H;1H2. The maximum Gasteiger partial charge on any atom is 0.235 e. The van der Waals surface area contributed by atoms with Gasteiger partial charge in [-0.25, -0.2) is 19.4 Å². The van der Waals surface area contributed by atoms with Crippen LogP contribution in [-0.2, 0) is 0 Å². The normalized spacial score (nSPS) is 15.4. The van der Waals surface area contributed by atoms with E-state index in [0.717, 1.165) is 0 Å². The van der Waals surface area contributed by atoms with Gasteiger partial charge in [-0.2, -0.15) is 0 Å². The van der Waals surface area contributed by atoms with Crippen molar-refractivity contribution in [2.45, 2.75) is 0 Å². The lowest BCUT2D eigenvalue weighted by Gasteiger charge is -2.24. The van der Waals surface area contributed by atoms with Gasteiger partial charge in [0.25, 0.3) is 0 Å². The third-order valence-electron chi connectivity index (χ3n) is 3.44. The molecular weight excluding hydrogens is 323 g/mol. The Morgan fingerprint density at radius 2 is 1.91 bits per heavy atom. The molecule has 0 spiro atoms. The molecule has 0 saturated carbocycles. The Labute approximate surface area is 136 Å². The molecular formula is C15H11ClFN4O2. The predicted octanol–water partition coefficient (Wildman–Crippen LogP) is 2.56. The average Bonchev–Trinajstić information content (AvgIpc) is 2.85. The van der Waals surface area contributed by atoms with Gasteiger partial charge in [-0.1, -0.05) is 29.8 Å². The SMILES string of the molecule is O.OC1=C2C=Cc3cccc(F)c3N2[N]N1c1ccc(Cl)nc1. The molecule has 0 aliphatic carbocycles. The molecule has 0 bridgehead atoms. The molecule has 1 radical (unpaired) electrons. The highest BCUT2D eigenvalue weighted by molar-refractivity contribution is 6.29. The van der Waals surface area contributed by atoms with Gasteiger partial charge in [0.05, 0.1) is 11.9 Å². The maximum absolute atomic E-state index is 14.1. The lowest BCUT2D eigenvalue weighted by molar-refractivity contribution is 0.387. The second-order valence-corrected chi connectivity index (χ2v) is 5.16. The number of nitrogens with zero attached hydrogens (tertiary/aromatic N) is 4. The fraction of sp³-hybridized carbons (Fsp3) is 0. The summed E-state index contributed by atoms with van der Waals surface area (Å²) in [4.78, 5) is 3.96. The first-order valence-electron chi connectivity index (χ1n) is 6.48. The summed E-state index contributed by atoms with van der Waals surface area (Å²) < 4.78 is 14.1. The molecule has 8 heteroatoms. The van der Waals surface area contributed by atoms with E-state index < -0.39 is 5.82 Å². The van der Waals surface area contributed by atoms with Crippen molar-refractivity contribution in [3.63, 3.8) is 0 Å². The topological polar surface area (TPSA) is 85.2 Å². The van der Waals surface area contributed by atoms with Crippen LogP contribution in [0.25, 0.3) is 6.08 Å². The Hall–Kier alpha value is -2.61. The maximum atomic E-state index is 14.1. The number of aliphatic hydroxyl groups excluding tert-OH is 1. The van der Waals surface area contributed by atoms with Crippen molar-refractivity contribution in [3.8, 4) is 0 Å². The van der Waals surface area contributed by atoms with Gasteiger partial charge >= 0.3 is 0 Å². The number of benzene rings is 1. The lowest BCUT2D eigenvalue weighted by Crippen LogP contribution is -2.36. The molecule has 2 aliphatic heterocycles. The van der Waals surface area contributed by atoms with E-state index in [9.17, 15) is 9.50 Å². The lowest BCUT2D eigenvalue weighted by atomic mass is 10.1. The summed E-state index contributed by atoms with van der Waals surface area (Å²) in [6, 6.07) is 8.02. The van der Waals surface area contributed by atoms with Gasteiger partial charge < -0.3 is 10.6 Å². The van der Waals surface area contributed by atoms with Gasteiger partial charge in [-0.05, 0) is 29.8 Å². The monoisotopic (exact) mass is 333 g/mol. The van der Waals surface area contributed by atoms with Gasteiger partial charge in [0.15, 0.2) is 0 Å². The molecule has 6 nitrogen and oxygen atoms in total. The van der Waals surface area contributed by atoms with Gasteiger partial charge in [0.1, 0.15) is 22.4 Å². The average molecular weight is 334 g/mol. The van der Waals surface area contributed by atoms with E-state index in [-0.39, 0.29) is 11.4 Å². The van der Waals surface area contributed by atoms with Crippen LogP contribution in [-0.4, -0.2) is 15.6 Å². The molecule has 23 heavy (non-hydrogen) atoms. The summed E-state index contributed by atoms with van der Waals surface area (Å²) in [5, 5.41) is 13.3. The number of aromatic nitrogens is 1. The van der Waals surface area contributed by atoms with E-state index in [1.165, 1.54) is 22.3 Å². The molecule has 3 heterocycles. The highest BCUT2D eigenvalue weighted by atomic mass is 35.5. The zero-order chi connectivity index (χ0) is 15.3. The molecule has 0 amide bonds. The zero-order valence-corrected chi connectivity index (χ0v) is 12.4. The van der Waals surface area contributed by atoms with Crippen molar-refractivity contribution >= 4 is 29.1 Å². The number of hydrogen-bond donors (Lipinski definition) is 1. The first kappa shape index (κ1) is 15.3. The highest BCUT2D eigenvalue weighted by Gasteiger charge is 2.36. The van der Waals surface area contributed by atoms with Crippen molar-refractivity contribution < 1.29 is 15.0 Å². The summed E-state index contributed by atoms with van der Waals surface area (Å²) in [6.07, 6.45) is 4.90. The Bertz CT molecular complexity index is 823. The highest BCUT2D eigenvalue weighted by Crippen LogP contribution is 2.38.